The first-order valence-electron chi connectivity index (χ1n) is 19.8. The summed E-state index contributed by atoms with van der Waals surface area (Å²) in [6.07, 6.45) is 2.32. The molecule has 0 atom stereocenters. The van der Waals surface area contributed by atoms with Gasteiger partial charge in [0.25, 0.3) is 0 Å². The molecule has 0 saturated carbocycles. The molecule has 263 valence electrons. The first-order chi connectivity index (χ1) is 28.2. The average molecular weight is 720 g/mol. The number of benzene rings is 11. The summed E-state index contributed by atoms with van der Waals surface area (Å²) in [5.41, 5.74) is 15.2. The lowest BCUT2D eigenvalue weighted by Gasteiger charge is -2.18. The van der Waals surface area contributed by atoms with Gasteiger partial charge in [0.15, 0.2) is 0 Å². The maximum atomic E-state index is 2.37. The molecule has 0 bridgehead atoms. The van der Waals surface area contributed by atoms with Crippen LogP contribution in [0.1, 0.15) is 11.1 Å². The van der Waals surface area contributed by atoms with Gasteiger partial charge in [-0.3, -0.25) is 0 Å². The summed E-state index contributed by atoms with van der Waals surface area (Å²) in [6, 6.07) is 76.2. The molecule has 11 aromatic rings. The molecule has 1 radical (unpaired) electrons. The molecule has 0 N–H and O–H groups in total. The van der Waals surface area contributed by atoms with Crippen molar-refractivity contribution in [1.82, 2.24) is 0 Å². The SMILES string of the molecule is [CH]1c2c1c1ccc(-c3ccc(-c4ccc(-c5c6ccccc6c(-c6ccc(-c7ccc8ccccc8c7)cc6)c6ccccc56)cc4)cc3)cc1c1ccccc21. The molecule has 0 fully saturated rings. The number of hydrogen-bond donors (Lipinski definition) is 0. The second-order valence-corrected chi connectivity index (χ2v) is 15.4. The Hall–Kier alpha value is -7.28. The number of hydrogen-bond acceptors (Lipinski definition) is 0. The molecule has 11 aromatic carbocycles. The van der Waals surface area contributed by atoms with Crippen molar-refractivity contribution in [3.05, 3.63) is 224 Å². The van der Waals surface area contributed by atoms with Gasteiger partial charge < -0.3 is 0 Å². The Kier molecular flexibility index (Phi) is 7.09. The van der Waals surface area contributed by atoms with Crippen LogP contribution in [0.15, 0.2) is 206 Å². The van der Waals surface area contributed by atoms with E-state index in [1.54, 1.807) is 0 Å². The van der Waals surface area contributed by atoms with Gasteiger partial charge in [0, 0.05) is 6.42 Å². The van der Waals surface area contributed by atoms with Crippen LogP contribution in [0, 0.1) is 6.42 Å². The van der Waals surface area contributed by atoms with E-state index in [4.69, 9.17) is 0 Å². The predicted octanol–water partition coefficient (Wildman–Crippen LogP) is 15.7. The van der Waals surface area contributed by atoms with Gasteiger partial charge in [-0.05, 0) is 133 Å². The first-order valence-corrected chi connectivity index (χ1v) is 19.8. The summed E-state index contributed by atoms with van der Waals surface area (Å²) >= 11 is 0. The summed E-state index contributed by atoms with van der Waals surface area (Å²) in [5, 5.41) is 13.0. The van der Waals surface area contributed by atoms with E-state index in [1.807, 2.05) is 0 Å². The lowest BCUT2D eigenvalue weighted by atomic mass is 9.85. The quantitative estimate of drug-likeness (QED) is 0.123. The molecule has 0 heterocycles. The van der Waals surface area contributed by atoms with Crippen LogP contribution in [0.3, 0.4) is 0 Å². The van der Waals surface area contributed by atoms with Crippen molar-refractivity contribution in [1.29, 1.82) is 0 Å². The average Bonchev–Trinajstić information content (AvgIpc) is 4.10. The first kappa shape index (κ1) is 32.0. The van der Waals surface area contributed by atoms with Gasteiger partial charge in [-0.25, -0.2) is 0 Å². The Bertz CT molecular complexity index is 3330. The maximum absolute atomic E-state index is 2.37. The van der Waals surface area contributed by atoms with Gasteiger partial charge in [-0.2, -0.15) is 0 Å². The van der Waals surface area contributed by atoms with Crippen LogP contribution in [-0.4, -0.2) is 0 Å². The lowest BCUT2D eigenvalue weighted by molar-refractivity contribution is 1.59. The van der Waals surface area contributed by atoms with Crippen molar-refractivity contribution >= 4 is 53.9 Å². The molecule has 0 amide bonds. The van der Waals surface area contributed by atoms with Crippen LogP contribution in [0.2, 0.25) is 0 Å². The maximum Gasteiger partial charge on any atom is 0.0218 e. The van der Waals surface area contributed by atoms with Crippen molar-refractivity contribution < 1.29 is 0 Å². The summed E-state index contributed by atoms with van der Waals surface area (Å²) < 4.78 is 0. The molecule has 0 nitrogen and oxygen atoms in total. The third-order valence-corrected chi connectivity index (χ3v) is 12.2. The fraction of sp³-hybridized carbons (Fsp3) is 0. The summed E-state index contributed by atoms with van der Waals surface area (Å²) in [4.78, 5) is 0. The van der Waals surface area contributed by atoms with E-state index in [0.29, 0.717) is 0 Å². The van der Waals surface area contributed by atoms with E-state index in [9.17, 15) is 0 Å². The summed E-state index contributed by atoms with van der Waals surface area (Å²) in [5.74, 6) is 0. The van der Waals surface area contributed by atoms with Gasteiger partial charge in [0.05, 0.1) is 0 Å². The van der Waals surface area contributed by atoms with Crippen LogP contribution in [0.25, 0.3) is 109 Å². The fourth-order valence-electron chi connectivity index (χ4n) is 9.32. The van der Waals surface area contributed by atoms with Gasteiger partial charge in [-0.1, -0.05) is 194 Å². The van der Waals surface area contributed by atoms with Gasteiger partial charge in [0.2, 0.25) is 0 Å². The summed E-state index contributed by atoms with van der Waals surface area (Å²) in [6.45, 7) is 0. The highest BCUT2D eigenvalue weighted by atomic mass is 14.3. The second-order valence-electron chi connectivity index (χ2n) is 15.4. The Balaban J connectivity index is 0.892. The molecule has 0 spiro atoms. The highest BCUT2D eigenvalue weighted by molar-refractivity contribution is 6.21. The smallest absolute Gasteiger partial charge is 0.0218 e. The minimum atomic E-state index is 1.21. The van der Waals surface area contributed by atoms with Crippen LogP contribution in [-0.2, 0) is 0 Å². The standard InChI is InChI=1S/C57H35/c1-2-10-43-33-44(30-25-36(43)9-1)39-23-28-42(29-24-39)57-51-15-7-5-13-49(51)56(50-14-6-8-16-52(50)57)41-26-21-38(22-27-41)37-17-19-40(20-18-37)45-31-32-48-53(34-45)46-11-3-4-12-47(46)54-35-55(48)54/h1-35H. The third-order valence-electron chi connectivity index (χ3n) is 12.2. The zero-order valence-corrected chi connectivity index (χ0v) is 31.2. The zero-order valence-electron chi connectivity index (χ0n) is 31.2. The van der Waals surface area contributed by atoms with E-state index in [2.05, 4.69) is 213 Å². The third kappa shape index (κ3) is 5.22. The Morgan fingerprint density at radius 3 is 1.07 bits per heavy atom. The van der Waals surface area contributed by atoms with Crippen molar-refractivity contribution in [3.8, 4) is 55.6 Å². The molecular formula is C57H35. The molecule has 1 aliphatic carbocycles. The minimum absolute atomic E-state index is 1.21. The molecule has 0 unspecified atom stereocenters. The highest BCUT2D eigenvalue weighted by Gasteiger charge is 2.25. The Morgan fingerprint density at radius 2 is 0.544 bits per heavy atom. The van der Waals surface area contributed by atoms with Crippen LogP contribution >= 0.6 is 0 Å². The number of fused-ring (bicyclic) bond motifs is 9. The highest BCUT2D eigenvalue weighted by Crippen LogP contribution is 2.46. The topological polar surface area (TPSA) is 0 Å². The zero-order chi connectivity index (χ0) is 37.5. The monoisotopic (exact) mass is 719 g/mol. The molecule has 1 aliphatic rings. The molecule has 0 aliphatic heterocycles. The minimum Gasteiger partial charge on any atom is -0.0616 e. The van der Waals surface area contributed by atoms with E-state index in [-0.39, 0.29) is 0 Å². The van der Waals surface area contributed by atoms with Gasteiger partial charge >= 0.3 is 0 Å². The van der Waals surface area contributed by atoms with Crippen molar-refractivity contribution in [3.63, 3.8) is 0 Å². The molecular weight excluding hydrogens is 685 g/mol. The fourth-order valence-corrected chi connectivity index (χ4v) is 9.32. The lowest BCUT2D eigenvalue weighted by Crippen LogP contribution is -1.91. The van der Waals surface area contributed by atoms with Gasteiger partial charge in [0.1, 0.15) is 0 Å². The largest absolute Gasteiger partial charge is 0.0616 e. The van der Waals surface area contributed by atoms with Crippen molar-refractivity contribution in [2.45, 2.75) is 0 Å². The van der Waals surface area contributed by atoms with E-state index in [1.165, 1.54) is 121 Å². The summed E-state index contributed by atoms with van der Waals surface area (Å²) in [7, 11) is 0. The van der Waals surface area contributed by atoms with Crippen molar-refractivity contribution in [2.75, 3.05) is 0 Å². The van der Waals surface area contributed by atoms with Crippen LogP contribution < -0.4 is 0 Å². The molecule has 57 heavy (non-hydrogen) atoms. The van der Waals surface area contributed by atoms with Crippen molar-refractivity contribution in [2.24, 2.45) is 0 Å². The normalized spacial score (nSPS) is 12.1. The Morgan fingerprint density at radius 1 is 0.193 bits per heavy atom. The van der Waals surface area contributed by atoms with E-state index in [0.717, 1.165) is 0 Å². The molecule has 12 rings (SSSR count). The van der Waals surface area contributed by atoms with Crippen LogP contribution in [0.4, 0.5) is 0 Å². The molecule has 0 saturated heterocycles. The second kappa shape index (κ2) is 12.6. The molecule has 0 aromatic heterocycles. The van der Waals surface area contributed by atoms with E-state index >= 15 is 0 Å². The molecule has 0 heteroatoms. The predicted molar refractivity (Wildman–Crippen MR) is 244 cm³/mol. The number of rotatable bonds is 5. The van der Waals surface area contributed by atoms with E-state index < -0.39 is 0 Å². The Labute approximate surface area is 331 Å². The van der Waals surface area contributed by atoms with Gasteiger partial charge in [-0.15, -0.1) is 0 Å². The van der Waals surface area contributed by atoms with Crippen LogP contribution in [0.5, 0.6) is 0 Å².